The van der Waals surface area contributed by atoms with Crippen molar-refractivity contribution < 1.29 is 8.42 Å². The third-order valence-electron chi connectivity index (χ3n) is 3.01. The smallest absolute Gasteiger partial charge is 0.250 e. The Bertz CT molecular complexity index is 858. The number of para-hydroxylation sites is 1. The Balaban J connectivity index is 1.61. The number of nitrogens with zero attached hydrogens (tertiary/aromatic N) is 2. The van der Waals surface area contributed by atoms with Gasteiger partial charge in [-0.3, -0.25) is 0 Å². The fraction of sp³-hybridized carbons (Fsp3) is 0.143. The van der Waals surface area contributed by atoms with Crippen LogP contribution in [0.4, 0.5) is 5.82 Å². The van der Waals surface area contributed by atoms with Crippen LogP contribution in [0.15, 0.2) is 52.3 Å². The lowest BCUT2D eigenvalue weighted by molar-refractivity contribution is 0.585. The number of fused-ring (bicyclic) bond motifs is 1. The van der Waals surface area contributed by atoms with E-state index >= 15 is 0 Å². The van der Waals surface area contributed by atoms with E-state index in [-0.39, 0.29) is 6.54 Å². The summed E-state index contributed by atoms with van der Waals surface area (Å²) in [5.74, 6) is 0.695. The molecular weight excluding hydrogens is 320 g/mol. The van der Waals surface area contributed by atoms with E-state index in [1.165, 1.54) is 17.7 Å². The molecule has 2 heterocycles. The molecule has 0 saturated carbocycles. The molecule has 3 rings (SSSR count). The highest BCUT2D eigenvalue weighted by molar-refractivity contribution is 7.91. The average molecular weight is 334 g/mol. The number of thiophene rings is 1. The lowest BCUT2D eigenvalue weighted by Gasteiger charge is -2.09. The predicted octanol–water partition coefficient (Wildman–Crippen LogP) is 2.08. The van der Waals surface area contributed by atoms with Gasteiger partial charge in [0.25, 0.3) is 0 Å². The van der Waals surface area contributed by atoms with E-state index in [1.54, 1.807) is 17.5 Å². The third-order valence-corrected chi connectivity index (χ3v) is 5.87. The van der Waals surface area contributed by atoms with Crippen LogP contribution < -0.4 is 10.0 Å². The number of sulfonamides is 1. The van der Waals surface area contributed by atoms with Crippen LogP contribution in [-0.2, 0) is 10.0 Å². The zero-order chi connectivity index (χ0) is 15.4. The molecule has 0 aliphatic carbocycles. The standard InChI is InChI=1S/C14H14N4O2S2/c19-22(20,13-6-3-9-21-13)18-8-7-15-14-11-4-1-2-5-12(11)16-10-17-14/h1-6,9-10,18H,7-8H2,(H,15,16,17). The summed E-state index contributed by atoms with van der Waals surface area (Å²) >= 11 is 1.19. The summed E-state index contributed by atoms with van der Waals surface area (Å²) in [5, 5.41) is 5.78. The molecular formula is C14H14N4O2S2. The van der Waals surface area contributed by atoms with Crippen LogP contribution in [0, 0.1) is 0 Å². The van der Waals surface area contributed by atoms with Crippen molar-refractivity contribution in [2.45, 2.75) is 4.21 Å². The molecule has 0 atom stereocenters. The van der Waals surface area contributed by atoms with Crippen LogP contribution in [0.2, 0.25) is 0 Å². The molecule has 0 saturated heterocycles. The van der Waals surface area contributed by atoms with E-state index in [9.17, 15) is 8.42 Å². The normalized spacial score (nSPS) is 11.6. The molecule has 0 aliphatic heterocycles. The molecule has 0 spiro atoms. The average Bonchev–Trinajstić information content (AvgIpc) is 3.07. The molecule has 6 nitrogen and oxygen atoms in total. The van der Waals surface area contributed by atoms with Gasteiger partial charge in [0.05, 0.1) is 5.52 Å². The van der Waals surface area contributed by atoms with Crippen LogP contribution in [0.3, 0.4) is 0 Å². The van der Waals surface area contributed by atoms with Gasteiger partial charge < -0.3 is 5.32 Å². The Morgan fingerprint density at radius 2 is 1.91 bits per heavy atom. The first-order valence-electron chi connectivity index (χ1n) is 6.63. The summed E-state index contributed by atoms with van der Waals surface area (Å²) in [7, 11) is -3.42. The number of hydrogen-bond acceptors (Lipinski definition) is 6. The Morgan fingerprint density at radius 3 is 2.73 bits per heavy atom. The highest BCUT2D eigenvalue weighted by Gasteiger charge is 2.13. The summed E-state index contributed by atoms with van der Waals surface area (Å²) in [5.41, 5.74) is 0.846. The number of benzene rings is 1. The van der Waals surface area contributed by atoms with Gasteiger partial charge in [-0.25, -0.2) is 23.1 Å². The predicted molar refractivity (Wildman–Crippen MR) is 87.5 cm³/mol. The van der Waals surface area contributed by atoms with Gasteiger partial charge in [0, 0.05) is 18.5 Å². The second-order valence-electron chi connectivity index (χ2n) is 4.50. The highest BCUT2D eigenvalue weighted by atomic mass is 32.2. The summed E-state index contributed by atoms with van der Waals surface area (Å²) < 4.78 is 26.8. The molecule has 3 aromatic rings. The van der Waals surface area contributed by atoms with Gasteiger partial charge >= 0.3 is 0 Å². The van der Waals surface area contributed by atoms with Gasteiger partial charge in [-0.15, -0.1) is 11.3 Å². The number of aromatic nitrogens is 2. The fourth-order valence-corrected chi connectivity index (χ4v) is 4.07. The zero-order valence-electron chi connectivity index (χ0n) is 11.6. The van der Waals surface area contributed by atoms with Crippen molar-refractivity contribution in [3.8, 4) is 0 Å². The molecule has 0 bridgehead atoms. The van der Waals surface area contributed by atoms with E-state index in [1.807, 2.05) is 24.3 Å². The lowest BCUT2D eigenvalue weighted by Crippen LogP contribution is -2.28. The van der Waals surface area contributed by atoms with Crippen molar-refractivity contribution in [3.05, 3.63) is 48.1 Å². The summed E-state index contributed by atoms with van der Waals surface area (Å²) in [4.78, 5) is 8.38. The SMILES string of the molecule is O=S(=O)(NCCNc1ncnc2ccccc12)c1cccs1. The molecule has 2 aromatic heterocycles. The Hall–Kier alpha value is -2.03. The first kappa shape index (κ1) is 14.9. The van der Waals surface area contributed by atoms with E-state index in [0.717, 1.165) is 10.9 Å². The first-order chi connectivity index (χ1) is 10.7. The second kappa shape index (κ2) is 6.39. The van der Waals surface area contributed by atoms with E-state index in [0.29, 0.717) is 16.6 Å². The van der Waals surface area contributed by atoms with Crippen LogP contribution in [0.25, 0.3) is 10.9 Å². The van der Waals surface area contributed by atoms with Crippen LogP contribution in [-0.4, -0.2) is 31.5 Å². The maximum Gasteiger partial charge on any atom is 0.250 e. The van der Waals surface area contributed by atoms with Crippen molar-refractivity contribution in [2.24, 2.45) is 0 Å². The minimum Gasteiger partial charge on any atom is -0.368 e. The van der Waals surface area contributed by atoms with Gasteiger partial charge in [-0.05, 0) is 23.6 Å². The van der Waals surface area contributed by atoms with Crippen molar-refractivity contribution >= 4 is 38.1 Å². The van der Waals surface area contributed by atoms with Crippen LogP contribution >= 0.6 is 11.3 Å². The molecule has 0 fully saturated rings. The van der Waals surface area contributed by atoms with Crippen LogP contribution in [0.1, 0.15) is 0 Å². The molecule has 22 heavy (non-hydrogen) atoms. The van der Waals surface area contributed by atoms with Crippen molar-refractivity contribution in [1.29, 1.82) is 0 Å². The van der Waals surface area contributed by atoms with Gasteiger partial charge in [0.2, 0.25) is 10.0 Å². The summed E-state index contributed by atoms with van der Waals surface area (Å²) in [6.45, 7) is 0.712. The van der Waals surface area contributed by atoms with Gasteiger partial charge in [-0.1, -0.05) is 18.2 Å². The second-order valence-corrected chi connectivity index (χ2v) is 7.44. The Labute approximate surface area is 132 Å². The molecule has 0 radical (unpaired) electrons. The third kappa shape index (κ3) is 3.24. The zero-order valence-corrected chi connectivity index (χ0v) is 13.2. The Morgan fingerprint density at radius 1 is 1.05 bits per heavy atom. The van der Waals surface area contributed by atoms with E-state index in [2.05, 4.69) is 20.0 Å². The van der Waals surface area contributed by atoms with Gasteiger partial charge in [0.15, 0.2) is 0 Å². The topological polar surface area (TPSA) is 84.0 Å². The number of hydrogen-bond donors (Lipinski definition) is 2. The number of rotatable bonds is 6. The number of anilines is 1. The maximum absolute atomic E-state index is 12.0. The number of nitrogens with one attached hydrogen (secondary N) is 2. The molecule has 0 aliphatic rings. The lowest BCUT2D eigenvalue weighted by atomic mass is 10.2. The first-order valence-corrected chi connectivity index (χ1v) is 9.00. The fourth-order valence-electron chi connectivity index (χ4n) is 2.00. The molecule has 0 amide bonds. The van der Waals surface area contributed by atoms with Crippen LogP contribution in [0.5, 0.6) is 0 Å². The molecule has 8 heteroatoms. The van der Waals surface area contributed by atoms with Crippen molar-refractivity contribution in [1.82, 2.24) is 14.7 Å². The molecule has 1 aromatic carbocycles. The largest absolute Gasteiger partial charge is 0.368 e. The van der Waals surface area contributed by atoms with Gasteiger partial charge in [0.1, 0.15) is 16.4 Å². The molecule has 114 valence electrons. The summed E-state index contributed by atoms with van der Waals surface area (Å²) in [6, 6.07) is 10.9. The Kier molecular flexibility index (Phi) is 4.32. The van der Waals surface area contributed by atoms with Gasteiger partial charge in [-0.2, -0.15) is 0 Å². The van der Waals surface area contributed by atoms with Crippen molar-refractivity contribution in [2.75, 3.05) is 18.4 Å². The quantitative estimate of drug-likeness (QED) is 0.674. The summed E-state index contributed by atoms with van der Waals surface area (Å²) in [6.07, 6.45) is 1.49. The maximum atomic E-state index is 12.0. The van der Waals surface area contributed by atoms with Crippen molar-refractivity contribution in [3.63, 3.8) is 0 Å². The monoisotopic (exact) mass is 334 g/mol. The van der Waals surface area contributed by atoms with E-state index in [4.69, 9.17) is 0 Å². The minimum atomic E-state index is -3.42. The molecule has 0 unspecified atom stereocenters. The minimum absolute atomic E-state index is 0.276. The van der Waals surface area contributed by atoms with E-state index < -0.39 is 10.0 Å². The highest BCUT2D eigenvalue weighted by Crippen LogP contribution is 2.18. The molecule has 2 N–H and O–H groups in total.